The number of carbonyl (C=O) groups is 2. The fourth-order valence-electron chi connectivity index (χ4n) is 0.881. The summed E-state index contributed by atoms with van der Waals surface area (Å²) in [6.45, 7) is 5.16. The van der Waals surface area contributed by atoms with Gasteiger partial charge < -0.3 is 10.4 Å². The van der Waals surface area contributed by atoms with Crippen molar-refractivity contribution in [1.29, 1.82) is 0 Å². The quantitative estimate of drug-likeness (QED) is 0.784. The SMILES string of the molecule is CC(C)(C)C(=O)Nc1nccnc1C(=O)O. The zero-order valence-corrected chi connectivity index (χ0v) is 9.31. The molecule has 0 aliphatic carbocycles. The van der Waals surface area contributed by atoms with Gasteiger partial charge in [0.2, 0.25) is 5.91 Å². The molecule has 6 heteroatoms. The molecule has 1 rings (SSSR count). The Labute approximate surface area is 92.7 Å². The first kappa shape index (κ1) is 12.1. The molecule has 0 aliphatic heterocycles. The van der Waals surface area contributed by atoms with Gasteiger partial charge in [-0.3, -0.25) is 4.79 Å². The van der Waals surface area contributed by atoms with Crippen LogP contribution in [0.3, 0.4) is 0 Å². The number of amides is 1. The largest absolute Gasteiger partial charge is 0.476 e. The van der Waals surface area contributed by atoms with Crippen molar-refractivity contribution in [3.05, 3.63) is 18.1 Å². The average molecular weight is 223 g/mol. The van der Waals surface area contributed by atoms with Crippen LogP contribution in [0.25, 0.3) is 0 Å². The Morgan fingerprint density at radius 2 is 1.81 bits per heavy atom. The Morgan fingerprint density at radius 1 is 1.25 bits per heavy atom. The molecule has 86 valence electrons. The lowest BCUT2D eigenvalue weighted by Gasteiger charge is -2.17. The summed E-state index contributed by atoms with van der Waals surface area (Å²) in [6.07, 6.45) is 2.58. The highest BCUT2D eigenvalue weighted by atomic mass is 16.4. The summed E-state index contributed by atoms with van der Waals surface area (Å²) < 4.78 is 0. The minimum absolute atomic E-state index is 0.0325. The summed E-state index contributed by atoms with van der Waals surface area (Å²) in [7, 11) is 0. The van der Waals surface area contributed by atoms with E-state index in [2.05, 4.69) is 15.3 Å². The van der Waals surface area contributed by atoms with Gasteiger partial charge in [-0.1, -0.05) is 20.8 Å². The third kappa shape index (κ3) is 2.75. The summed E-state index contributed by atoms with van der Waals surface area (Å²) in [6, 6.07) is 0. The molecule has 0 atom stereocenters. The van der Waals surface area contributed by atoms with Crippen LogP contribution >= 0.6 is 0 Å². The molecule has 6 nitrogen and oxygen atoms in total. The van der Waals surface area contributed by atoms with E-state index < -0.39 is 11.4 Å². The van der Waals surface area contributed by atoms with Gasteiger partial charge in [-0.05, 0) is 0 Å². The molecule has 0 saturated carbocycles. The zero-order valence-electron chi connectivity index (χ0n) is 9.31. The van der Waals surface area contributed by atoms with Crippen LogP contribution < -0.4 is 5.32 Å². The van der Waals surface area contributed by atoms with Crippen LogP contribution in [0.5, 0.6) is 0 Å². The average Bonchev–Trinajstić information content (AvgIpc) is 2.16. The molecule has 2 N–H and O–H groups in total. The molecule has 16 heavy (non-hydrogen) atoms. The van der Waals surface area contributed by atoms with Gasteiger partial charge in [-0.15, -0.1) is 0 Å². The number of carboxylic acids is 1. The summed E-state index contributed by atoms with van der Waals surface area (Å²) in [5.74, 6) is -1.57. The molecule has 0 spiro atoms. The number of hydrogen-bond acceptors (Lipinski definition) is 4. The van der Waals surface area contributed by atoms with Crippen molar-refractivity contribution in [2.24, 2.45) is 5.41 Å². The van der Waals surface area contributed by atoms with Crippen molar-refractivity contribution in [2.75, 3.05) is 5.32 Å². The highest BCUT2D eigenvalue weighted by Gasteiger charge is 2.24. The molecular weight excluding hydrogens is 210 g/mol. The van der Waals surface area contributed by atoms with Crippen molar-refractivity contribution in [3.63, 3.8) is 0 Å². The number of nitrogens with zero attached hydrogens (tertiary/aromatic N) is 2. The zero-order chi connectivity index (χ0) is 12.3. The first-order chi connectivity index (χ1) is 7.32. The van der Waals surface area contributed by atoms with E-state index in [1.54, 1.807) is 20.8 Å². The molecule has 0 aliphatic rings. The van der Waals surface area contributed by atoms with E-state index in [9.17, 15) is 9.59 Å². The molecular formula is C10H13N3O3. The number of nitrogens with one attached hydrogen (secondary N) is 1. The van der Waals surface area contributed by atoms with Gasteiger partial charge in [0.25, 0.3) is 0 Å². The van der Waals surface area contributed by atoms with Gasteiger partial charge in [0.1, 0.15) is 0 Å². The molecule has 0 radical (unpaired) electrons. The van der Waals surface area contributed by atoms with E-state index in [4.69, 9.17) is 5.11 Å². The maximum atomic E-state index is 11.6. The number of aromatic nitrogens is 2. The van der Waals surface area contributed by atoms with E-state index >= 15 is 0 Å². The number of rotatable bonds is 2. The monoisotopic (exact) mass is 223 g/mol. The first-order valence-electron chi connectivity index (χ1n) is 4.68. The van der Waals surface area contributed by atoms with Crippen molar-refractivity contribution < 1.29 is 14.7 Å². The fraction of sp³-hybridized carbons (Fsp3) is 0.400. The molecule has 0 aromatic carbocycles. The summed E-state index contributed by atoms with van der Waals surface area (Å²) in [5, 5.41) is 11.3. The van der Waals surface area contributed by atoms with E-state index in [1.807, 2.05) is 0 Å². The molecule has 1 aromatic heterocycles. The van der Waals surface area contributed by atoms with Crippen molar-refractivity contribution in [2.45, 2.75) is 20.8 Å². The fourth-order valence-corrected chi connectivity index (χ4v) is 0.881. The maximum absolute atomic E-state index is 11.6. The Balaban J connectivity index is 2.98. The van der Waals surface area contributed by atoms with Gasteiger partial charge in [-0.25, -0.2) is 14.8 Å². The standard InChI is InChI=1S/C10H13N3O3/c1-10(2,3)9(16)13-7-6(8(14)15)11-4-5-12-7/h4-5H,1-3H3,(H,14,15)(H,12,13,16). The Kier molecular flexibility index (Phi) is 3.22. The Bertz CT molecular complexity index is 424. The predicted octanol–water partition coefficient (Wildman–Crippen LogP) is 1.16. The van der Waals surface area contributed by atoms with Gasteiger partial charge in [0, 0.05) is 17.8 Å². The Hall–Kier alpha value is -1.98. The molecule has 1 heterocycles. The second kappa shape index (κ2) is 4.26. The lowest BCUT2D eigenvalue weighted by atomic mass is 9.96. The van der Waals surface area contributed by atoms with Gasteiger partial charge in [0.05, 0.1) is 0 Å². The topological polar surface area (TPSA) is 92.2 Å². The van der Waals surface area contributed by atoms with Crippen LogP contribution in [0, 0.1) is 5.41 Å². The van der Waals surface area contributed by atoms with Gasteiger partial charge >= 0.3 is 5.97 Å². The number of hydrogen-bond donors (Lipinski definition) is 2. The number of anilines is 1. The van der Waals surface area contributed by atoms with Gasteiger partial charge in [0.15, 0.2) is 11.5 Å². The van der Waals surface area contributed by atoms with Crippen LogP contribution in [0.4, 0.5) is 5.82 Å². The van der Waals surface area contributed by atoms with Crippen LogP contribution in [-0.4, -0.2) is 27.0 Å². The molecule has 0 bridgehead atoms. The maximum Gasteiger partial charge on any atom is 0.358 e. The van der Waals surface area contributed by atoms with Crippen LogP contribution in [0.1, 0.15) is 31.3 Å². The van der Waals surface area contributed by atoms with Crippen LogP contribution in [0.2, 0.25) is 0 Å². The normalized spacial score (nSPS) is 10.9. The number of aromatic carboxylic acids is 1. The third-order valence-electron chi connectivity index (χ3n) is 1.81. The van der Waals surface area contributed by atoms with Crippen molar-refractivity contribution >= 4 is 17.7 Å². The number of carboxylic acid groups (broad SMARTS) is 1. The van der Waals surface area contributed by atoms with Crippen LogP contribution in [-0.2, 0) is 4.79 Å². The minimum atomic E-state index is -1.22. The molecule has 1 aromatic rings. The molecule has 1 amide bonds. The van der Waals surface area contributed by atoms with E-state index in [-0.39, 0.29) is 17.4 Å². The highest BCUT2D eigenvalue weighted by molar-refractivity contribution is 5.99. The smallest absolute Gasteiger partial charge is 0.358 e. The lowest BCUT2D eigenvalue weighted by Crippen LogP contribution is -2.29. The van der Waals surface area contributed by atoms with Crippen molar-refractivity contribution in [3.8, 4) is 0 Å². The summed E-state index contributed by atoms with van der Waals surface area (Å²) in [5.41, 5.74) is -0.882. The highest BCUT2D eigenvalue weighted by Crippen LogP contribution is 2.17. The summed E-state index contributed by atoms with van der Waals surface area (Å²) in [4.78, 5) is 29.9. The molecule has 0 unspecified atom stereocenters. The van der Waals surface area contributed by atoms with Crippen LogP contribution in [0.15, 0.2) is 12.4 Å². The third-order valence-corrected chi connectivity index (χ3v) is 1.81. The van der Waals surface area contributed by atoms with E-state index in [1.165, 1.54) is 12.4 Å². The van der Waals surface area contributed by atoms with Gasteiger partial charge in [-0.2, -0.15) is 0 Å². The lowest BCUT2D eigenvalue weighted by molar-refractivity contribution is -0.123. The van der Waals surface area contributed by atoms with E-state index in [0.29, 0.717) is 0 Å². The Morgan fingerprint density at radius 3 is 2.31 bits per heavy atom. The molecule has 0 fully saturated rings. The second-order valence-corrected chi connectivity index (χ2v) is 4.26. The predicted molar refractivity (Wildman–Crippen MR) is 57.1 cm³/mol. The van der Waals surface area contributed by atoms with E-state index in [0.717, 1.165) is 0 Å². The molecule has 0 saturated heterocycles. The number of carbonyl (C=O) groups excluding carboxylic acids is 1. The summed E-state index contributed by atoms with van der Waals surface area (Å²) >= 11 is 0. The van der Waals surface area contributed by atoms with Crippen molar-refractivity contribution in [1.82, 2.24) is 9.97 Å². The first-order valence-corrected chi connectivity index (χ1v) is 4.68. The second-order valence-electron chi connectivity index (χ2n) is 4.26. The minimum Gasteiger partial charge on any atom is -0.476 e.